The third-order valence-electron chi connectivity index (χ3n) is 7.13. The summed E-state index contributed by atoms with van der Waals surface area (Å²) < 4.78 is 31.2. The molecule has 2 atom stereocenters. The molecule has 0 bridgehead atoms. The molecule has 0 saturated carbocycles. The Morgan fingerprint density at radius 2 is 1.93 bits per heavy atom. The molecule has 246 valence electrons. The van der Waals surface area contributed by atoms with E-state index in [0.29, 0.717) is 29.5 Å². The Morgan fingerprint density at radius 3 is 2.58 bits per heavy atom. The Balaban J connectivity index is 0.00000552. The van der Waals surface area contributed by atoms with E-state index in [4.69, 9.17) is 31.5 Å². The molecule has 4 rings (SSSR count). The number of nitrogens with two attached hydrogens (primary N) is 1. The molecule has 2 N–H and O–H groups in total. The molecule has 12 nitrogen and oxygen atoms in total. The number of hydrogen-bond donors (Lipinski definition) is 1. The molecule has 0 spiro atoms. The zero-order chi connectivity index (χ0) is 32.0. The van der Waals surface area contributed by atoms with Gasteiger partial charge in [0.1, 0.15) is 24.6 Å². The molecule has 1 aromatic heterocycles. The van der Waals surface area contributed by atoms with Crippen LogP contribution in [0.15, 0.2) is 30.3 Å². The van der Waals surface area contributed by atoms with E-state index in [-0.39, 0.29) is 74.1 Å². The summed E-state index contributed by atoms with van der Waals surface area (Å²) in [6, 6.07) is 6.35. The number of carbonyl (C=O) groups excluding carboxylic acids is 5. The van der Waals surface area contributed by atoms with Gasteiger partial charge >= 0.3 is 12.1 Å². The summed E-state index contributed by atoms with van der Waals surface area (Å²) in [7, 11) is 0. The second kappa shape index (κ2) is 16.3. The maximum atomic E-state index is 15.2. The summed E-state index contributed by atoms with van der Waals surface area (Å²) in [6.45, 7) is 3.78. The monoisotopic (exact) mass is 688 g/mol. The van der Waals surface area contributed by atoms with Gasteiger partial charge in [-0.15, -0.1) is 23.7 Å². The molecule has 45 heavy (non-hydrogen) atoms. The molecule has 2 aromatic rings. The largest absolute Gasteiger partial charge is 0.465 e. The average Bonchev–Trinajstić information content (AvgIpc) is 3.59. The molecule has 1 aromatic carbocycles. The molecule has 0 unspecified atom stereocenters. The van der Waals surface area contributed by atoms with Crippen LogP contribution < -0.4 is 15.5 Å². The standard InChI is InChI=1S/C29H34ClFN4O8S.ClH/c1-17(2)26(32)28(39)42-11-4-3-5-24(36)35(27(38)22-8-9-23(30)44-22)15-19-14-34(29(40)43-19)21-7-6-18(13-20(21)31)33-10-12-41-16-25(33)37;/h6-9,13,17,19,26H,3-5,10-12,14-16,32H2,1-2H3;1H/t19-,26+;/m1./s1. The third-order valence-corrected chi connectivity index (χ3v) is 8.35. The fourth-order valence-electron chi connectivity index (χ4n) is 4.61. The molecule has 0 aliphatic carbocycles. The van der Waals surface area contributed by atoms with Crippen LogP contribution in [0.4, 0.5) is 20.6 Å². The number of nitrogens with zero attached hydrogens (tertiary/aromatic N) is 3. The number of thiophene rings is 1. The summed E-state index contributed by atoms with van der Waals surface area (Å²) in [5, 5.41) is 0. The number of anilines is 2. The van der Waals surface area contributed by atoms with E-state index >= 15 is 4.39 Å². The highest BCUT2D eigenvalue weighted by Crippen LogP contribution is 2.30. The van der Waals surface area contributed by atoms with Gasteiger partial charge in [0.15, 0.2) is 0 Å². The first kappa shape index (κ1) is 36.2. The van der Waals surface area contributed by atoms with E-state index in [0.717, 1.165) is 27.2 Å². The number of carbonyl (C=O) groups is 5. The maximum Gasteiger partial charge on any atom is 0.414 e. The zero-order valence-electron chi connectivity index (χ0n) is 24.7. The van der Waals surface area contributed by atoms with Crippen molar-refractivity contribution in [2.24, 2.45) is 11.7 Å². The molecule has 2 fully saturated rings. The smallest absolute Gasteiger partial charge is 0.414 e. The SMILES string of the molecule is CC(C)[C@H](N)C(=O)OCCCCC(=O)N(C[C@H]1CN(c2ccc(N3CCOCC3=O)cc2F)C(=O)O1)C(=O)c1ccc(Cl)s1.Cl. The second-order valence-corrected chi connectivity index (χ2v) is 12.4. The summed E-state index contributed by atoms with van der Waals surface area (Å²) in [5.41, 5.74) is 6.04. The van der Waals surface area contributed by atoms with Gasteiger partial charge in [-0.25, -0.2) is 9.18 Å². The van der Waals surface area contributed by atoms with Crippen molar-refractivity contribution in [3.63, 3.8) is 0 Å². The minimum Gasteiger partial charge on any atom is -0.465 e. The van der Waals surface area contributed by atoms with Gasteiger partial charge in [-0.2, -0.15) is 0 Å². The van der Waals surface area contributed by atoms with Gasteiger partial charge in [-0.3, -0.25) is 29.0 Å². The lowest BCUT2D eigenvalue weighted by Crippen LogP contribution is -2.43. The number of morpholine rings is 1. The molecule has 2 aliphatic rings. The number of imide groups is 1. The van der Waals surface area contributed by atoms with Crippen LogP contribution in [0.25, 0.3) is 0 Å². The number of cyclic esters (lactones) is 1. The van der Waals surface area contributed by atoms with Crippen molar-refractivity contribution in [3.8, 4) is 0 Å². The predicted molar refractivity (Wildman–Crippen MR) is 167 cm³/mol. The molecule has 0 radical (unpaired) electrons. The van der Waals surface area contributed by atoms with Crippen LogP contribution in [0.3, 0.4) is 0 Å². The van der Waals surface area contributed by atoms with E-state index in [2.05, 4.69) is 0 Å². The number of esters is 1. The van der Waals surface area contributed by atoms with Crippen LogP contribution in [0, 0.1) is 11.7 Å². The van der Waals surface area contributed by atoms with Crippen LogP contribution in [-0.4, -0.2) is 86.3 Å². The quantitative estimate of drug-likeness (QED) is 0.258. The zero-order valence-corrected chi connectivity index (χ0v) is 27.1. The molecule has 2 aliphatic heterocycles. The first-order valence-electron chi connectivity index (χ1n) is 14.1. The molecule has 4 amide bonds. The Kier molecular flexibility index (Phi) is 13.1. The number of benzene rings is 1. The highest BCUT2D eigenvalue weighted by molar-refractivity contribution is 7.18. The normalized spacial score (nSPS) is 17.2. The first-order chi connectivity index (χ1) is 21.0. The second-order valence-electron chi connectivity index (χ2n) is 10.7. The van der Waals surface area contributed by atoms with Crippen molar-refractivity contribution < 1.29 is 42.6 Å². The highest BCUT2D eigenvalue weighted by Gasteiger charge is 2.38. The molecule has 2 saturated heterocycles. The third kappa shape index (κ3) is 9.13. The van der Waals surface area contributed by atoms with Gasteiger partial charge in [0.25, 0.3) is 11.8 Å². The first-order valence-corrected chi connectivity index (χ1v) is 15.3. The molecular formula is C29H35Cl2FN4O8S. The van der Waals surface area contributed by atoms with Gasteiger partial charge in [0.2, 0.25) is 5.91 Å². The molecular weight excluding hydrogens is 654 g/mol. The fourth-order valence-corrected chi connectivity index (χ4v) is 5.60. The summed E-state index contributed by atoms with van der Waals surface area (Å²) >= 11 is 7.01. The molecule has 3 heterocycles. The number of hydrogen-bond acceptors (Lipinski definition) is 10. The lowest BCUT2D eigenvalue weighted by molar-refractivity contribution is -0.146. The number of unbranched alkanes of at least 4 members (excludes halogenated alkanes) is 1. The van der Waals surface area contributed by atoms with Gasteiger partial charge in [0.05, 0.1) is 41.2 Å². The van der Waals surface area contributed by atoms with Crippen LogP contribution in [-0.2, 0) is 28.6 Å². The van der Waals surface area contributed by atoms with Gasteiger partial charge in [-0.1, -0.05) is 25.4 Å². The predicted octanol–water partition coefficient (Wildman–Crippen LogP) is 4.02. The Labute approximate surface area is 274 Å². The van der Waals surface area contributed by atoms with Crippen LogP contribution in [0.1, 0.15) is 42.8 Å². The summed E-state index contributed by atoms with van der Waals surface area (Å²) in [5.74, 6) is -2.78. The summed E-state index contributed by atoms with van der Waals surface area (Å²) in [4.78, 5) is 67.1. The van der Waals surface area contributed by atoms with Gasteiger partial charge in [-0.05, 0) is 49.1 Å². The van der Waals surface area contributed by atoms with E-state index < -0.39 is 41.8 Å². The lowest BCUT2D eigenvalue weighted by atomic mass is 10.1. The highest BCUT2D eigenvalue weighted by atomic mass is 35.5. The van der Waals surface area contributed by atoms with E-state index in [1.807, 2.05) is 0 Å². The number of amides is 4. The average molecular weight is 690 g/mol. The summed E-state index contributed by atoms with van der Waals surface area (Å²) in [6.07, 6.45) is -1.14. The van der Waals surface area contributed by atoms with Gasteiger partial charge in [0, 0.05) is 18.7 Å². The topological polar surface area (TPSA) is 149 Å². The minimum atomic E-state index is -0.941. The van der Waals surface area contributed by atoms with E-state index in [1.54, 1.807) is 13.8 Å². The van der Waals surface area contributed by atoms with E-state index in [9.17, 15) is 24.0 Å². The number of rotatable bonds is 12. The lowest BCUT2D eigenvalue weighted by Gasteiger charge is -2.27. The Hall–Kier alpha value is -3.30. The van der Waals surface area contributed by atoms with Crippen molar-refractivity contribution in [2.45, 2.75) is 45.3 Å². The van der Waals surface area contributed by atoms with Crippen LogP contribution in [0.5, 0.6) is 0 Å². The Bertz CT molecular complexity index is 1410. The van der Waals surface area contributed by atoms with Crippen molar-refractivity contribution in [3.05, 3.63) is 45.4 Å². The fraction of sp³-hybridized carbons (Fsp3) is 0.483. The number of ether oxygens (including phenoxy) is 3. The molecule has 16 heteroatoms. The number of halogens is 3. The van der Waals surface area contributed by atoms with Crippen molar-refractivity contribution in [2.75, 3.05) is 49.3 Å². The minimum absolute atomic E-state index is 0. The Morgan fingerprint density at radius 1 is 1.18 bits per heavy atom. The van der Waals surface area contributed by atoms with E-state index in [1.165, 1.54) is 29.2 Å². The van der Waals surface area contributed by atoms with Crippen LogP contribution >= 0.6 is 35.3 Å². The van der Waals surface area contributed by atoms with Crippen molar-refractivity contribution >= 4 is 76.5 Å². The van der Waals surface area contributed by atoms with Crippen molar-refractivity contribution in [1.82, 2.24) is 4.90 Å². The maximum absolute atomic E-state index is 15.2. The van der Waals surface area contributed by atoms with Crippen LogP contribution in [0.2, 0.25) is 4.34 Å². The van der Waals surface area contributed by atoms with Gasteiger partial charge < -0.3 is 24.8 Å². The van der Waals surface area contributed by atoms with Crippen molar-refractivity contribution in [1.29, 1.82) is 0 Å².